The summed E-state index contributed by atoms with van der Waals surface area (Å²) in [7, 11) is 0. The van der Waals surface area contributed by atoms with Crippen molar-refractivity contribution in [3.63, 3.8) is 0 Å². The highest BCUT2D eigenvalue weighted by atomic mass is 15.5. The fourth-order valence-electron chi connectivity index (χ4n) is 2.15. The maximum Gasteiger partial charge on any atom is 0.155 e. The Labute approximate surface area is 117 Å². The van der Waals surface area contributed by atoms with E-state index >= 15 is 0 Å². The van der Waals surface area contributed by atoms with Crippen molar-refractivity contribution in [1.29, 1.82) is 0 Å². The summed E-state index contributed by atoms with van der Waals surface area (Å²) in [6, 6.07) is 9.78. The molecule has 3 rings (SSSR count). The Hall–Kier alpha value is -2.69. The number of benzene rings is 1. The molecule has 5 heteroatoms. The van der Waals surface area contributed by atoms with E-state index in [1.54, 1.807) is 17.1 Å². The molecule has 100 valence electrons. The van der Waals surface area contributed by atoms with Crippen molar-refractivity contribution in [2.24, 2.45) is 0 Å². The van der Waals surface area contributed by atoms with Crippen molar-refractivity contribution in [3.8, 4) is 16.9 Å². The summed E-state index contributed by atoms with van der Waals surface area (Å²) in [5.41, 5.74) is 11.1. The van der Waals surface area contributed by atoms with Crippen LogP contribution in [0, 0.1) is 13.8 Å². The summed E-state index contributed by atoms with van der Waals surface area (Å²) in [4.78, 5) is 4.00. The largest absolute Gasteiger partial charge is 0.382 e. The van der Waals surface area contributed by atoms with E-state index in [1.807, 2.05) is 24.3 Å². The molecule has 0 aliphatic rings. The van der Waals surface area contributed by atoms with Crippen LogP contribution in [0.25, 0.3) is 16.9 Å². The number of aromatic nitrogens is 4. The van der Waals surface area contributed by atoms with Crippen molar-refractivity contribution >= 4 is 5.82 Å². The SMILES string of the molecule is Cc1cccc(-n2nnc(-c3ccncc3)c2N)c1C. The second kappa shape index (κ2) is 4.77. The van der Waals surface area contributed by atoms with Gasteiger partial charge in [-0.3, -0.25) is 4.98 Å². The molecule has 2 heterocycles. The molecule has 20 heavy (non-hydrogen) atoms. The van der Waals surface area contributed by atoms with Crippen LogP contribution in [0.1, 0.15) is 11.1 Å². The molecule has 0 bridgehead atoms. The average Bonchev–Trinajstić information content (AvgIpc) is 2.85. The highest BCUT2D eigenvalue weighted by Crippen LogP contribution is 2.26. The van der Waals surface area contributed by atoms with Gasteiger partial charge < -0.3 is 5.73 Å². The Morgan fingerprint density at radius 1 is 1.05 bits per heavy atom. The first-order valence-corrected chi connectivity index (χ1v) is 6.36. The van der Waals surface area contributed by atoms with Gasteiger partial charge in [0, 0.05) is 18.0 Å². The standard InChI is InChI=1S/C15H15N5/c1-10-4-3-5-13(11(10)2)20-15(16)14(18-19-20)12-6-8-17-9-7-12/h3-9H,16H2,1-2H3. The lowest BCUT2D eigenvalue weighted by atomic mass is 10.1. The van der Waals surface area contributed by atoms with E-state index in [0.29, 0.717) is 11.5 Å². The third kappa shape index (κ3) is 1.93. The summed E-state index contributed by atoms with van der Waals surface area (Å²) < 4.78 is 1.68. The van der Waals surface area contributed by atoms with E-state index in [1.165, 1.54) is 5.56 Å². The lowest BCUT2D eigenvalue weighted by Crippen LogP contribution is -2.05. The van der Waals surface area contributed by atoms with Crippen LogP contribution in [0.5, 0.6) is 0 Å². The Morgan fingerprint density at radius 2 is 1.80 bits per heavy atom. The van der Waals surface area contributed by atoms with Crippen molar-refractivity contribution in [2.45, 2.75) is 13.8 Å². The summed E-state index contributed by atoms with van der Waals surface area (Å²) >= 11 is 0. The van der Waals surface area contributed by atoms with Gasteiger partial charge in [0.15, 0.2) is 5.82 Å². The van der Waals surface area contributed by atoms with Crippen LogP contribution in [0.2, 0.25) is 0 Å². The van der Waals surface area contributed by atoms with Crippen molar-refractivity contribution in [3.05, 3.63) is 53.9 Å². The van der Waals surface area contributed by atoms with E-state index in [0.717, 1.165) is 16.8 Å². The van der Waals surface area contributed by atoms with Crippen LogP contribution < -0.4 is 5.73 Å². The summed E-state index contributed by atoms with van der Waals surface area (Å²) in [6.07, 6.45) is 3.43. The van der Waals surface area contributed by atoms with Crippen LogP contribution >= 0.6 is 0 Å². The monoisotopic (exact) mass is 265 g/mol. The Bertz CT molecular complexity index is 746. The fraction of sp³-hybridized carbons (Fsp3) is 0.133. The van der Waals surface area contributed by atoms with Gasteiger partial charge in [0.1, 0.15) is 5.69 Å². The second-order valence-corrected chi connectivity index (χ2v) is 4.69. The van der Waals surface area contributed by atoms with E-state index in [-0.39, 0.29) is 0 Å². The topological polar surface area (TPSA) is 69.6 Å². The van der Waals surface area contributed by atoms with Gasteiger partial charge in [-0.2, -0.15) is 4.68 Å². The predicted molar refractivity (Wildman–Crippen MR) is 78.5 cm³/mol. The highest BCUT2D eigenvalue weighted by molar-refractivity contribution is 5.70. The maximum atomic E-state index is 6.20. The Balaban J connectivity index is 2.14. The molecule has 0 saturated heterocycles. The molecule has 0 saturated carbocycles. The number of nitrogen functional groups attached to an aromatic ring is 1. The molecule has 2 aromatic heterocycles. The first kappa shape index (κ1) is 12.3. The number of hydrogen-bond donors (Lipinski definition) is 1. The smallest absolute Gasteiger partial charge is 0.155 e. The van der Waals surface area contributed by atoms with Crippen molar-refractivity contribution in [1.82, 2.24) is 20.0 Å². The molecule has 0 unspecified atom stereocenters. The number of nitrogens with zero attached hydrogens (tertiary/aromatic N) is 4. The van der Waals surface area contributed by atoms with Gasteiger partial charge >= 0.3 is 0 Å². The average molecular weight is 265 g/mol. The molecule has 0 aliphatic carbocycles. The second-order valence-electron chi connectivity index (χ2n) is 4.69. The quantitative estimate of drug-likeness (QED) is 0.773. The zero-order valence-corrected chi connectivity index (χ0v) is 11.4. The molecule has 0 atom stereocenters. The normalized spacial score (nSPS) is 10.7. The zero-order valence-electron chi connectivity index (χ0n) is 11.4. The van der Waals surface area contributed by atoms with Gasteiger partial charge in [-0.15, -0.1) is 5.10 Å². The molecular formula is C15H15N5. The summed E-state index contributed by atoms with van der Waals surface area (Å²) in [5.74, 6) is 0.532. The highest BCUT2D eigenvalue weighted by Gasteiger charge is 2.14. The molecule has 1 aromatic carbocycles. The minimum Gasteiger partial charge on any atom is -0.382 e. The third-order valence-corrected chi connectivity index (χ3v) is 3.46. The van der Waals surface area contributed by atoms with Crippen molar-refractivity contribution in [2.75, 3.05) is 5.73 Å². The lowest BCUT2D eigenvalue weighted by Gasteiger charge is -2.09. The molecule has 3 aromatic rings. The molecular weight excluding hydrogens is 250 g/mol. The van der Waals surface area contributed by atoms with Gasteiger partial charge in [-0.1, -0.05) is 17.3 Å². The maximum absolute atomic E-state index is 6.20. The number of aryl methyl sites for hydroxylation is 1. The number of hydrogen-bond acceptors (Lipinski definition) is 4. The van der Waals surface area contributed by atoms with Crippen LogP contribution in [0.3, 0.4) is 0 Å². The van der Waals surface area contributed by atoms with E-state index in [9.17, 15) is 0 Å². The van der Waals surface area contributed by atoms with Crippen LogP contribution in [-0.4, -0.2) is 20.0 Å². The van der Waals surface area contributed by atoms with Crippen LogP contribution in [-0.2, 0) is 0 Å². The van der Waals surface area contributed by atoms with Gasteiger partial charge in [0.05, 0.1) is 5.69 Å². The van der Waals surface area contributed by atoms with E-state index in [2.05, 4.69) is 35.2 Å². The summed E-state index contributed by atoms with van der Waals surface area (Å²) in [6.45, 7) is 4.12. The Morgan fingerprint density at radius 3 is 2.55 bits per heavy atom. The predicted octanol–water partition coefficient (Wildman–Crippen LogP) is 2.53. The van der Waals surface area contributed by atoms with Crippen LogP contribution in [0.15, 0.2) is 42.7 Å². The van der Waals surface area contributed by atoms with Crippen LogP contribution in [0.4, 0.5) is 5.82 Å². The number of anilines is 1. The van der Waals surface area contributed by atoms with Crippen molar-refractivity contribution < 1.29 is 0 Å². The molecule has 0 spiro atoms. The first-order chi connectivity index (χ1) is 9.68. The van der Waals surface area contributed by atoms with E-state index in [4.69, 9.17) is 5.73 Å². The number of nitrogens with two attached hydrogens (primary N) is 1. The molecule has 5 nitrogen and oxygen atoms in total. The third-order valence-electron chi connectivity index (χ3n) is 3.46. The zero-order chi connectivity index (χ0) is 14.1. The van der Waals surface area contributed by atoms with Gasteiger partial charge in [-0.25, -0.2) is 0 Å². The molecule has 0 aliphatic heterocycles. The van der Waals surface area contributed by atoms with Gasteiger partial charge in [-0.05, 0) is 43.2 Å². The number of pyridine rings is 1. The molecule has 0 radical (unpaired) electrons. The minimum atomic E-state index is 0.532. The minimum absolute atomic E-state index is 0.532. The molecule has 2 N–H and O–H groups in total. The summed E-state index contributed by atoms with van der Waals surface area (Å²) in [5, 5.41) is 8.38. The first-order valence-electron chi connectivity index (χ1n) is 6.36. The van der Waals surface area contributed by atoms with Gasteiger partial charge in [0.25, 0.3) is 0 Å². The molecule has 0 fully saturated rings. The Kier molecular flexibility index (Phi) is 2.95. The van der Waals surface area contributed by atoms with E-state index < -0.39 is 0 Å². The van der Waals surface area contributed by atoms with Gasteiger partial charge in [0.2, 0.25) is 0 Å². The number of rotatable bonds is 2. The molecule has 0 amide bonds. The lowest BCUT2D eigenvalue weighted by molar-refractivity contribution is 0.804. The fourth-order valence-corrected chi connectivity index (χ4v) is 2.15.